The monoisotopic (exact) mass is 412 g/mol. The molecule has 0 bridgehead atoms. The van der Waals surface area contributed by atoms with Gasteiger partial charge in [-0.1, -0.05) is 37.6 Å². The normalized spacial score (nSPS) is 15.7. The molecule has 2 aromatic rings. The average molecular weight is 413 g/mol. The van der Waals surface area contributed by atoms with E-state index in [0.717, 1.165) is 16.7 Å². The molecule has 0 aromatic heterocycles. The molecule has 0 amide bonds. The number of esters is 1. The summed E-state index contributed by atoms with van der Waals surface area (Å²) in [5.74, 6) is -0.363. The summed E-state index contributed by atoms with van der Waals surface area (Å²) in [5.41, 5.74) is 3.84. The van der Waals surface area contributed by atoms with E-state index in [-0.39, 0.29) is 16.5 Å². The second-order valence-corrected chi connectivity index (χ2v) is 8.75. The number of rotatable bonds is 6. The zero-order valence-electron chi connectivity index (χ0n) is 17.0. The standard InChI is InChI=1S/C22H24N2O4S/c1-5-24(6-2)29(26,27)19-11-9-17(10-12-19)21-23-20(22(25)28-21)14-18-8-7-15(3)13-16(18)4/h7-14H,5-6H2,1-4H3/b20-14-. The van der Waals surface area contributed by atoms with Crippen LogP contribution in [0.3, 0.4) is 0 Å². The first-order valence-electron chi connectivity index (χ1n) is 9.46. The highest BCUT2D eigenvalue weighted by Gasteiger charge is 2.26. The number of aliphatic imine (C=N–C) groups is 1. The first-order valence-corrected chi connectivity index (χ1v) is 10.9. The van der Waals surface area contributed by atoms with Gasteiger partial charge in [-0.3, -0.25) is 0 Å². The van der Waals surface area contributed by atoms with Crippen LogP contribution in [0.2, 0.25) is 0 Å². The Labute approximate surface area is 171 Å². The number of ether oxygens (including phenoxy) is 1. The number of carbonyl (C=O) groups is 1. The van der Waals surface area contributed by atoms with Crippen molar-refractivity contribution < 1.29 is 17.9 Å². The van der Waals surface area contributed by atoms with E-state index in [1.165, 1.54) is 16.4 Å². The van der Waals surface area contributed by atoms with Crippen molar-refractivity contribution >= 4 is 28.0 Å². The van der Waals surface area contributed by atoms with Crippen LogP contribution in [0.15, 0.2) is 58.0 Å². The third kappa shape index (κ3) is 4.31. The summed E-state index contributed by atoms with van der Waals surface area (Å²) in [6, 6.07) is 12.2. The summed E-state index contributed by atoms with van der Waals surface area (Å²) in [6.45, 7) is 8.37. The Kier molecular flexibility index (Phi) is 6.00. The SMILES string of the molecule is CCN(CC)S(=O)(=O)c1ccc(C2=N/C(=C\c3ccc(C)cc3C)C(=O)O2)cc1. The molecule has 29 heavy (non-hydrogen) atoms. The van der Waals surface area contributed by atoms with Gasteiger partial charge >= 0.3 is 5.97 Å². The van der Waals surface area contributed by atoms with Gasteiger partial charge in [0.1, 0.15) is 0 Å². The van der Waals surface area contributed by atoms with Crippen LogP contribution in [0.1, 0.15) is 36.1 Å². The van der Waals surface area contributed by atoms with E-state index < -0.39 is 16.0 Å². The van der Waals surface area contributed by atoms with Crippen LogP contribution in [0.5, 0.6) is 0 Å². The first-order chi connectivity index (χ1) is 13.8. The molecule has 7 heteroatoms. The smallest absolute Gasteiger partial charge is 0.363 e. The first kappa shape index (κ1) is 21.0. The van der Waals surface area contributed by atoms with Gasteiger partial charge in [0.15, 0.2) is 5.70 Å². The summed E-state index contributed by atoms with van der Waals surface area (Å²) in [4.78, 5) is 16.7. The molecule has 3 rings (SSSR count). The maximum absolute atomic E-state index is 12.6. The summed E-state index contributed by atoms with van der Waals surface area (Å²) >= 11 is 0. The fourth-order valence-electron chi connectivity index (χ4n) is 3.15. The van der Waals surface area contributed by atoms with Gasteiger partial charge in [-0.2, -0.15) is 4.31 Å². The molecule has 0 saturated heterocycles. The molecule has 0 fully saturated rings. The van der Waals surface area contributed by atoms with Crippen molar-refractivity contribution in [1.29, 1.82) is 0 Å². The number of benzene rings is 2. The number of hydrogen-bond donors (Lipinski definition) is 0. The lowest BCUT2D eigenvalue weighted by Crippen LogP contribution is -2.30. The molecule has 0 unspecified atom stereocenters. The van der Waals surface area contributed by atoms with Gasteiger partial charge in [-0.25, -0.2) is 18.2 Å². The van der Waals surface area contributed by atoms with E-state index in [9.17, 15) is 13.2 Å². The molecule has 1 aliphatic rings. The Morgan fingerprint density at radius 2 is 1.69 bits per heavy atom. The lowest BCUT2D eigenvalue weighted by molar-refractivity contribution is -0.129. The number of cyclic esters (lactones) is 1. The zero-order valence-corrected chi connectivity index (χ0v) is 17.8. The fraction of sp³-hybridized carbons (Fsp3) is 0.273. The van der Waals surface area contributed by atoms with Gasteiger partial charge in [-0.15, -0.1) is 0 Å². The molecule has 0 N–H and O–H groups in total. The van der Waals surface area contributed by atoms with Gasteiger partial charge in [0.2, 0.25) is 15.9 Å². The number of aryl methyl sites for hydroxylation is 2. The van der Waals surface area contributed by atoms with E-state index in [4.69, 9.17) is 4.74 Å². The van der Waals surface area contributed by atoms with Gasteiger partial charge in [0, 0.05) is 18.7 Å². The minimum Gasteiger partial charge on any atom is -0.402 e. The minimum atomic E-state index is -3.54. The minimum absolute atomic E-state index is 0.165. The van der Waals surface area contributed by atoms with E-state index in [1.54, 1.807) is 32.1 Å². The fourth-order valence-corrected chi connectivity index (χ4v) is 4.61. The van der Waals surface area contributed by atoms with Gasteiger partial charge in [0.05, 0.1) is 4.90 Å². The van der Waals surface area contributed by atoms with E-state index in [1.807, 2.05) is 32.0 Å². The molecule has 0 atom stereocenters. The Balaban J connectivity index is 1.89. The van der Waals surface area contributed by atoms with Gasteiger partial charge < -0.3 is 4.74 Å². The Morgan fingerprint density at radius 3 is 2.28 bits per heavy atom. The molecule has 1 heterocycles. The van der Waals surface area contributed by atoms with E-state index >= 15 is 0 Å². The number of carbonyl (C=O) groups excluding carboxylic acids is 1. The second-order valence-electron chi connectivity index (χ2n) is 6.81. The van der Waals surface area contributed by atoms with E-state index in [0.29, 0.717) is 18.7 Å². The van der Waals surface area contributed by atoms with Gasteiger partial charge in [-0.05, 0) is 55.3 Å². The zero-order chi connectivity index (χ0) is 21.2. The lowest BCUT2D eigenvalue weighted by Gasteiger charge is -2.18. The van der Waals surface area contributed by atoms with Crippen LogP contribution in [-0.2, 0) is 19.6 Å². The van der Waals surface area contributed by atoms with Crippen molar-refractivity contribution in [3.8, 4) is 0 Å². The molecular formula is C22H24N2O4S. The predicted octanol–water partition coefficient (Wildman–Crippen LogP) is 3.68. The average Bonchev–Trinajstić information content (AvgIpc) is 3.05. The summed E-state index contributed by atoms with van der Waals surface area (Å²) in [6.07, 6.45) is 1.70. The van der Waals surface area contributed by atoms with Crippen LogP contribution in [0, 0.1) is 13.8 Å². The molecule has 152 valence electrons. The Bertz CT molecular complexity index is 1100. The van der Waals surface area contributed by atoms with Crippen molar-refractivity contribution in [3.05, 3.63) is 70.4 Å². The van der Waals surface area contributed by atoms with Crippen molar-refractivity contribution in [2.75, 3.05) is 13.1 Å². The molecule has 1 aliphatic heterocycles. The molecule has 6 nitrogen and oxygen atoms in total. The summed E-state index contributed by atoms with van der Waals surface area (Å²) < 4.78 is 31.9. The summed E-state index contributed by atoms with van der Waals surface area (Å²) in [7, 11) is -3.54. The van der Waals surface area contributed by atoms with Crippen molar-refractivity contribution in [3.63, 3.8) is 0 Å². The quantitative estimate of drug-likeness (QED) is 0.536. The molecule has 0 saturated carbocycles. The molecule has 0 aliphatic carbocycles. The van der Waals surface area contributed by atoms with Crippen LogP contribution >= 0.6 is 0 Å². The number of hydrogen-bond acceptors (Lipinski definition) is 5. The van der Waals surface area contributed by atoms with Crippen LogP contribution in [0.25, 0.3) is 6.08 Å². The third-order valence-electron chi connectivity index (χ3n) is 4.78. The Hall–Kier alpha value is -2.77. The van der Waals surface area contributed by atoms with Crippen LogP contribution < -0.4 is 0 Å². The number of nitrogens with zero attached hydrogens (tertiary/aromatic N) is 2. The highest BCUT2D eigenvalue weighted by Crippen LogP contribution is 2.23. The molecule has 0 spiro atoms. The maximum Gasteiger partial charge on any atom is 0.363 e. The predicted molar refractivity (Wildman–Crippen MR) is 113 cm³/mol. The maximum atomic E-state index is 12.6. The van der Waals surface area contributed by atoms with Gasteiger partial charge in [0.25, 0.3) is 0 Å². The van der Waals surface area contributed by atoms with E-state index in [2.05, 4.69) is 4.99 Å². The summed E-state index contributed by atoms with van der Waals surface area (Å²) in [5, 5.41) is 0. The van der Waals surface area contributed by atoms with Crippen molar-refractivity contribution in [2.45, 2.75) is 32.6 Å². The molecule has 2 aromatic carbocycles. The highest BCUT2D eigenvalue weighted by atomic mass is 32.2. The highest BCUT2D eigenvalue weighted by molar-refractivity contribution is 7.89. The van der Waals surface area contributed by atoms with Crippen molar-refractivity contribution in [1.82, 2.24) is 4.31 Å². The largest absolute Gasteiger partial charge is 0.402 e. The number of sulfonamides is 1. The second kappa shape index (κ2) is 8.31. The van der Waals surface area contributed by atoms with Crippen molar-refractivity contribution in [2.24, 2.45) is 4.99 Å². The van der Waals surface area contributed by atoms with Crippen LogP contribution in [-0.4, -0.2) is 37.7 Å². The van der Waals surface area contributed by atoms with Crippen LogP contribution in [0.4, 0.5) is 0 Å². The molecular weight excluding hydrogens is 388 g/mol. The lowest BCUT2D eigenvalue weighted by atomic mass is 10.0. The third-order valence-corrected chi connectivity index (χ3v) is 6.85. The topological polar surface area (TPSA) is 76.0 Å². The Morgan fingerprint density at radius 1 is 1.03 bits per heavy atom. The molecule has 0 radical (unpaired) electrons.